The van der Waals surface area contributed by atoms with Crippen LogP contribution in [-0.4, -0.2) is 60.7 Å². The molecular weight excluding hydrogens is 489 g/mol. The van der Waals surface area contributed by atoms with E-state index in [2.05, 4.69) is 37.2 Å². The van der Waals surface area contributed by atoms with Crippen LogP contribution in [0.5, 0.6) is 5.75 Å². The summed E-state index contributed by atoms with van der Waals surface area (Å²) in [5, 5.41) is 12.5. The summed E-state index contributed by atoms with van der Waals surface area (Å²) < 4.78 is 8.41. The third kappa shape index (κ3) is 5.77. The Bertz CT molecular complexity index is 1530. The van der Waals surface area contributed by atoms with Crippen molar-refractivity contribution >= 4 is 24.0 Å². The van der Waals surface area contributed by atoms with Crippen molar-refractivity contribution in [2.24, 2.45) is 0 Å². The van der Waals surface area contributed by atoms with Crippen molar-refractivity contribution in [1.82, 2.24) is 29.4 Å². The summed E-state index contributed by atoms with van der Waals surface area (Å²) in [5.41, 5.74) is 4.55. The van der Waals surface area contributed by atoms with Crippen LogP contribution in [-0.2, 0) is 6.54 Å². The fourth-order valence-corrected chi connectivity index (χ4v) is 5.00. The molecule has 39 heavy (non-hydrogen) atoms. The number of rotatable bonds is 8. The molecule has 0 spiro atoms. The summed E-state index contributed by atoms with van der Waals surface area (Å²) in [5.74, 6) is 2.31. The molecule has 9 nitrogen and oxygen atoms in total. The number of nitrogens with one attached hydrogen (secondary N) is 1. The van der Waals surface area contributed by atoms with Gasteiger partial charge in [-0.15, -0.1) is 0 Å². The number of piperidine rings is 1. The van der Waals surface area contributed by atoms with Gasteiger partial charge >= 0.3 is 7.05 Å². The van der Waals surface area contributed by atoms with E-state index in [1.807, 2.05) is 59.2 Å². The van der Waals surface area contributed by atoms with Crippen LogP contribution in [0.4, 0.5) is 5.82 Å². The van der Waals surface area contributed by atoms with Gasteiger partial charge in [-0.3, -0.25) is 14.5 Å². The van der Waals surface area contributed by atoms with Crippen LogP contribution in [0, 0.1) is 0 Å². The van der Waals surface area contributed by atoms with Crippen LogP contribution in [0.1, 0.15) is 18.4 Å². The monoisotopic (exact) mass is 519 g/mol. The average Bonchev–Trinajstić information content (AvgIpc) is 3.35. The normalized spacial score (nSPS) is 14.4. The molecule has 0 amide bonds. The highest BCUT2D eigenvalue weighted by atomic mass is 16.5. The molecule has 1 aliphatic heterocycles. The molecule has 196 valence electrons. The molecule has 2 N–H and O–H groups in total. The van der Waals surface area contributed by atoms with Gasteiger partial charge in [-0.05, 0) is 85.9 Å². The SMILES string of the molecule is CB(O)Nc1cc(CN2CCC(Oc3ccc(-n4c(-c5ccccn5)nc5cccnc54)cc3)CC2)ccn1. The zero-order valence-corrected chi connectivity index (χ0v) is 21.8. The van der Waals surface area contributed by atoms with E-state index < -0.39 is 7.05 Å². The highest BCUT2D eigenvalue weighted by molar-refractivity contribution is 6.52. The standard InChI is InChI=1S/C29H30BN7O2/c1-30(38)35-27-19-21(11-16-32-27)20-36-17-12-24(13-18-36)39-23-9-7-22(8-10-23)37-28-26(6-4-15-33-28)34-29(37)25-5-2-3-14-31-25/h2-11,14-16,19,24,38H,12-13,17-18,20H2,1H3,(H,32,35). The van der Waals surface area contributed by atoms with Gasteiger partial charge < -0.3 is 15.0 Å². The number of hydrogen-bond donors (Lipinski definition) is 2. The molecule has 0 radical (unpaired) electrons. The molecule has 1 aliphatic rings. The highest BCUT2D eigenvalue weighted by Gasteiger charge is 2.21. The minimum Gasteiger partial charge on any atom is -0.490 e. The van der Waals surface area contributed by atoms with Gasteiger partial charge in [-0.2, -0.15) is 0 Å². The maximum Gasteiger partial charge on any atom is 0.408 e. The lowest BCUT2D eigenvalue weighted by atomic mass is 9.89. The molecule has 6 rings (SSSR count). The zero-order valence-electron chi connectivity index (χ0n) is 21.8. The summed E-state index contributed by atoms with van der Waals surface area (Å²) in [6, 6.07) is 21.8. The number of likely N-dealkylation sites (tertiary alicyclic amines) is 1. The molecule has 1 saturated heterocycles. The predicted molar refractivity (Wildman–Crippen MR) is 153 cm³/mol. The molecule has 1 aromatic carbocycles. The Morgan fingerprint density at radius 1 is 0.949 bits per heavy atom. The molecule has 0 unspecified atom stereocenters. The van der Waals surface area contributed by atoms with Crippen molar-refractivity contribution in [2.75, 3.05) is 18.3 Å². The maximum absolute atomic E-state index is 9.55. The molecular formula is C29H30BN7O2. The van der Waals surface area contributed by atoms with E-state index in [1.54, 1.807) is 25.4 Å². The number of pyridine rings is 3. The zero-order chi connectivity index (χ0) is 26.6. The molecule has 5 aromatic rings. The number of fused-ring (bicyclic) bond motifs is 1. The quantitative estimate of drug-likeness (QED) is 0.290. The van der Waals surface area contributed by atoms with Crippen LogP contribution in [0.15, 0.2) is 85.3 Å². The van der Waals surface area contributed by atoms with E-state index in [-0.39, 0.29) is 6.10 Å². The van der Waals surface area contributed by atoms with Crippen molar-refractivity contribution in [2.45, 2.75) is 32.3 Å². The van der Waals surface area contributed by atoms with E-state index in [1.165, 1.54) is 5.56 Å². The van der Waals surface area contributed by atoms with Gasteiger partial charge in [0.2, 0.25) is 0 Å². The van der Waals surface area contributed by atoms with Crippen molar-refractivity contribution in [1.29, 1.82) is 0 Å². The van der Waals surface area contributed by atoms with Crippen molar-refractivity contribution < 1.29 is 9.76 Å². The van der Waals surface area contributed by atoms with E-state index in [0.29, 0.717) is 5.82 Å². The minimum atomic E-state index is -0.631. The van der Waals surface area contributed by atoms with Crippen molar-refractivity contribution in [3.8, 4) is 23.0 Å². The first kappa shape index (κ1) is 25.0. The molecule has 0 bridgehead atoms. The second-order valence-corrected chi connectivity index (χ2v) is 9.79. The summed E-state index contributed by atoms with van der Waals surface area (Å²) in [6.45, 7) is 4.46. The minimum absolute atomic E-state index is 0.178. The lowest BCUT2D eigenvalue weighted by Gasteiger charge is -2.32. The Morgan fingerprint density at radius 2 is 1.77 bits per heavy atom. The lowest BCUT2D eigenvalue weighted by molar-refractivity contribution is 0.0968. The summed E-state index contributed by atoms with van der Waals surface area (Å²) >= 11 is 0. The van der Waals surface area contributed by atoms with Crippen LogP contribution in [0.2, 0.25) is 6.82 Å². The second-order valence-electron chi connectivity index (χ2n) is 9.79. The Morgan fingerprint density at radius 3 is 2.54 bits per heavy atom. The average molecular weight is 519 g/mol. The summed E-state index contributed by atoms with van der Waals surface area (Å²) in [7, 11) is -0.631. The number of hydrogen-bond acceptors (Lipinski definition) is 8. The third-order valence-electron chi connectivity index (χ3n) is 6.83. The Kier molecular flexibility index (Phi) is 7.20. The lowest BCUT2D eigenvalue weighted by Crippen LogP contribution is -2.37. The number of aromatic nitrogens is 5. The molecule has 0 aliphatic carbocycles. The second kappa shape index (κ2) is 11.2. The van der Waals surface area contributed by atoms with E-state index in [4.69, 9.17) is 9.72 Å². The largest absolute Gasteiger partial charge is 0.490 e. The van der Waals surface area contributed by atoms with Crippen LogP contribution in [0.25, 0.3) is 28.4 Å². The number of benzene rings is 1. The third-order valence-corrected chi connectivity index (χ3v) is 6.83. The molecule has 0 saturated carbocycles. The first-order valence-electron chi connectivity index (χ1n) is 13.3. The van der Waals surface area contributed by atoms with Gasteiger partial charge in [-0.25, -0.2) is 15.0 Å². The Hall–Kier alpha value is -4.28. The fourth-order valence-electron chi connectivity index (χ4n) is 5.00. The van der Waals surface area contributed by atoms with Crippen molar-refractivity contribution in [3.05, 3.63) is 90.9 Å². The van der Waals surface area contributed by atoms with E-state index >= 15 is 0 Å². The fraction of sp³-hybridized carbons (Fsp3) is 0.241. The molecule has 5 heterocycles. The summed E-state index contributed by atoms with van der Waals surface area (Å²) in [4.78, 5) is 20.6. The van der Waals surface area contributed by atoms with Gasteiger partial charge in [0.15, 0.2) is 11.5 Å². The number of anilines is 1. The maximum atomic E-state index is 9.55. The Balaban J connectivity index is 1.11. The van der Waals surface area contributed by atoms with Gasteiger partial charge in [0.1, 0.15) is 28.9 Å². The molecule has 0 atom stereocenters. The van der Waals surface area contributed by atoms with Gasteiger partial charge in [0, 0.05) is 43.9 Å². The van der Waals surface area contributed by atoms with Crippen LogP contribution < -0.4 is 9.96 Å². The predicted octanol–water partition coefficient (Wildman–Crippen LogP) is 4.44. The van der Waals surface area contributed by atoms with Gasteiger partial charge in [0.25, 0.3) is 0 Å². The van der Waals surface area contributed by atoms with Gasteiger partial charge in [-0.1, -0.05) is 6.07 Å². The highest BCUT2D eigenvalue weighted by Crippen LogP contribution is 2.28. The molecule has 1 fully saturated rings. The molecule has 4 aromatic heterocycles. The topological polar surface area (TPSA) is 101 Å². The van der Waals surface area contributed by atoms with Crippen LogP contribution >= 0.6 is 0 Å². The smallest absolute Gasteiger partial charge is 0.408 e. The first-order chi connectivity index (χ1) is 19.1. The number of imidazole rings is 1. The van der Waals surface area contributed by atoms with Gasteiger partial charge in [0.05, 0.1) is 0 Å². The number of ether oxygens (including phenoxy) is 1. The first-order valence-corrected chi connectivity index (χ1v) is 13.3. The van der Waals surface area contributed by atoms with E-state index in [0.717, 1.165) is 66.6 Å². The Labute approximate surface area is 227 Å². The number of nitrogens with zero attached hydrogens (tertiary/aromatic N) is 6. The molecule has 10 heteroatoms. The van der Waals surface area contributed by atoms with Crippen molar-refractivity contribution in [3.63, 3.8) is 0 Å². The van der Waals surface area contributed by atoms with Crippen LogP contribution in [0.3, 0.4) is 0 Å². The summed E-state index contributed by atoms with van der Waals surface area (Å²) in [6.07, 6.45) is 7.44. The van der Waals surface area contributed by atoms with E-state index in [9.17, 15) is 5.02 Å².